The van der Waals surface area contributed by atoms with E-state index in [0.29, 0.717) is 25.2 Å². The maximum atomic E-state index is 9.95. The number of phenols is 1. The van der Waals surface area contributed by atoms with Crippen LogP contribution >= 0.6 is 0 Å². The Morgan fingerprint density at radius 2 is 1.89 bits per heavy atom. The first-order chi connectivity index (χ1) is 13.3. The van der Waals surface area contributed by atoms with Crippen molar-refractivity contribution in [2.45, 2.75) is 31.7 Å². The molecule has 2 aromatic heterocycles. The fourth-order valence-corrected chi connectivity index (χ4v) is 4.11. The molecule has 1 aliphatic heterocycles. The molecule has 2 aliphatic rings. The van der Waals surface area contributed by atoms with Crippen LogP contribution in [-0.4, -0.2) is 50.9 Å². The number of morpholine rings is 1. The molecule has 0 spiro atoms. The van der Waals surface area contributed by atoms with Crippen LogP contribution in [-0.2, 0) is 4.74 Å². The molecule has 0 unspecified atom stereocenters. The van der Waals surface area contributed by atoms with Crippen molar-refractivity contribution in [1.82, 2.24) is 19.5 Å². The van der Waals surface area contributed by atoms with Crippen LogP contribution in [0.25, 0.3) is 22.4 Å². The molecule has 140 valence electrons. The molecule has 27 heavy (non-hydrogen) atoms. The Kier molecular flexibility index (Phi) is 4.16. The number of aromatic hydroxyl groups is 1. The Morgan fingerprint density at radius 3 is 2.67 bits per heavy atom. The summed E-state index contributed by atoms with van der Waals surface area (Å²) in [6, 6.07) is 7.65. The highest BCUT2D eigenvalue weighted by Crippen LogP contribution is 2.35. The van der Waals surface area contributed by atoms with E-state index in [1.54, 1.807) is 12.1 Å². The third-order valence-corrected chi connectivity index (χ3v) is 5.54. The first-order valence-corrected chi connectivity index (χ1v) is 9.66. The number of hydrogen-bond donors (Lipinski definition) is 1. The molecular formula is C20H23N5O2. The van der Waals surface area contributed by atoms with Gasteiger partial charge in [0.1, 0.15) is 17.0 Å². The third-order valence-electron chi connectivity index (χ3n) is 5.54. The summed E-state index contributed by atoms with van der Waals surface area (Å²) in [6.45, 7) is 2.93. The van der Waals surface area contributed by atoms with Crippen molar-refractivity contribution in [2.75, 3.05) is 31.2 Å². The van der Waals surface area contributed by atoms with Gasteiger partial charge in [-0.15, -0.1) is 0 Å². The van der Waals surface area contributed by atoms with E-state index in [1.807, 2.05) is 18.5 Å². The SMILES string of the molecule is Oc1cccc(-c2nc(N3CCOCC3)nc3c2ncn3C2CCCC2)c1. The molecule has 1 aliphatic carbocycles. The van der Waals surface area contributed by atoms with Gasteiger partial charge in [0.25, 0.3) is 0 Å². The van der Waals surface area contributed by atoms with Gasteiger partial charge in [0.2, 0.25) is 5.95 Å². The lowest BCUT2D eigenvalue weighted by atomic mass is 10.1. The van der Waals surface area contributed by atoms with Crippen LogP contribution in [0.3, 0.4) is 0 Å². The summed E-state index contributed by atoms with van der Waals surface area (Å²) in [6.07, 6.45) is 6.76. The molecule has 5 rings (SSSR count). The average Bonchev–Trinajstić information content (AvgIpc) is 3.37. The number of benzene rings is 1. The number of ether oxygens (including phenoxy) is 1. The molecule has 0 bridgehead atoms. The molecule has 7 nitrogen and oxygen atoms in total. The summed E-state index contributed by atoms with van der Waals surface area (Å²) < 4.78 is 7.70. The van der Waals surface area contributed by atoms with Crippen LogP contribution in [0.1, 0.15) is 31.7 Å². The van der Waals surface area contributed by atoms with E-state index in [9.17, 15) is 5.11 Å². The lowest BCUT2D eigenvalue weighted by Crippen LogP contribution is -2.37. The van der Waals surface area contributed by atoms with Gasteiger partial charge >= 0.3 is 0 Å². The first kappa shape index (κ1) is 16.5. The van der Waals surface area contributed by atoms with Crippen LogP contribution in [0.2, 0.25) is 0 Å². The molecule has 1 aromatic carbocycles. The topological polar surface area (TPSA) is 76.3 Å². The Balaban J connectivity index is 1.69. The number of fused-ring (bicyclic) bond motifs is 1. The third kappa shape index (κ3) is 3.02. The van der Waals surface area contributed by atoms with Gasteiger partial charge in [-0.3, -0.25) is 0 Å². The number of phenolic OH excluding ortho intramolecular Hbond substituents is 1. The fraction of sp³-hybridized carbons (Fsp3) is 0.450. The van der Waals surface area contributed by atoms with E-state index in [-0.39, 0.29) is 5.75 Å². The molecule has 0 radical (unpaired) electrons. The van der Waals surface area contributed by atoms with Crippen LogP contribution in [0.15, 0.2) is 30.6 Å². The van der Waals surface area contributed by atoms with E-state index in [4.69, 9.17) is 14.7 Å². The summed E-state index contributed by atoms with van der Waals surface area (Å²) in [7, 11) is 0. The second-order valence-corrected chi connectivity index (χ2v) is 7.28. The van der Waals surface area contributed by atoms with E-state index >= 15 is 0 Å². The number of aromatic nitrogens is 4. The minimum Gasteiger partial charge on any atom is -0.508 e. The summed E-state index contributed by atoms with van der Waals surface area (Å²) >= 11 is 0. The Labute approximate surface area is 157 Å². The van der Waals surface area contributed by atoms with Gasteiger partial charge in [0, 0.05) is 24.7 Å². The van der Waals surface area contributed by atoms with Crippen LogP contribution in [0, 0.1) is 0 Å². The number of rotatable bonds is 3. The van der Waals surface area contributed by atoms with Gasteiger partial charge < -0.3 is 19.3 Å². The standard InChI is InChI=1S/C20H23N5O2/c26-16-7-3-4-14(12-16)17-18-19(25(13-21-18)15-5-1-2-6-15)23-20(22-17)24-8-10-27-11-9-24/h3-4,7,12-13,15,26H,1-2,5-6,8-11H2. The lowest BCUT2D eigenvalue weighted by molar-refractivity contribution is 0.122. The number of anilines is 1. The molecule has 1 N–H and O–H groups in total. The van der Waals surface area contributed by atoms with Crippen molar-refractivity contribution < 1.29 is 9.84 Å². The molecule has 2 fully saturated rings. The van der Waals surface area contributed by atoms with Crippen molar-refractivity contribution in [3.63, 3.8) is 0 Å². The van der Waals surface area contributed by atoms with Gasteiger partial charge in [-0.2, -0.15) is 4.98 Å². The highest BCUT2D eigenvalue weighted by Gasteiger charge is 2.24. The van der Waals surface area contributed by atoms with Gasteiger partial charge in [-0.05, 0) is 25.0 Å². The van der Waals surface area contributed by atoms with Crippen molar-refractivity contribution in [2.24, 2.45) is 0 Å². The van der Waals surface area contributed by atoms with Crippen LogP contribution in [0.5, 0.6) is 5.75 Å². The Hall–Kier alpha value is -2.67. The Bertz CT molecular complexity index is 958. The quantitative estimate of drug-likeness (QED) is 0.768. The predicted octanol–water partition coefficient (Wildman–Crippen LogP) is 3.15. The number of nitrogens with zero attached hydrogens (tertiary/aromatic N) is 5. The van der Waals surface area contributed by atoms with E-state index < -0.39 is 0 Å². The van der Waals surface area contributed by atoms with Crippen molar-refractivity contribution in [3.05, 3.63) is 30.6 Å². The molecular weight excluding hydrogens is 342 g/mol. The second kappa shape index (κ2) is 6.81. The number of imidazole rings is 1. The van der Waals surface area contributed by atoms with Crippen LogP contribution < -0.4 is 4.90 Å². The Morgan fingerprint density at radius 1 is 1.07 bits per heavy atom. The summed E-state index contributed by atoms with van der Waals surface area (Å²) in [5, 5.41) is 9.95. The van der Waals surface area contributed by atoms with Crippen molar-refractivity contribution >= 4 is 17.1 Å². The molecule has 1 saturated carbocycles. The largest absolute Gasteiger partial charge is 0.508 e. The monoisotopic (exact) mass is 365 g/mol. The predicted molar refractivity (Wildman–Crippen MR) is 103 cm³/mol. The molecule has 3 aromatic rings. The highest BCUT2D eigenvalue weighted by atomic mass is 16.5. The zero-order valence-corrected chi connectivity index (χ0v) is 15.2. The van der Waals surface area contributed by atoms with Crippen molar-refractivity contribution in [1.29, 1.82) is 0 Å². The van der Waals surface area contributed by atoms with E-state index in [1.165, 1.54) is 25.7 Å². The molecule has 0 atom stereocenters. The van der Waals surface area contributed by atoms with E-state index in [2.05, 4.69) is 14.5 Å². The smallest absolute Gasteiger partial charge is 0.228 e. The highest BCUT2D eigenvalue weighted by molar-refractivity contribution is 5.88. The van der Waals surface area contributed by atoms with E-state index in [0.717, 1.165) is 35.5 Å². The van der Waals surface area contributed by atoms with Gasteiger partial charge in [0.15, 0.2) is 5.65 Å². The first-order valence-electron chi connectivity index (χ1n) is 9.66. The molecule has 7 heteroatoms. The maximum Gasteiger partial charge on any atom is 0.228 e. The maximum absolute atomic E-state index is 9.95. The average molecular weight is 365 g/mol. The van der Waals surface area contributed by atoms with Gasteiger partial charge in [-0.1, -0.05) is 25.0 Å². The fourth-order valence-electron chi connectivity index (χ4n) is 4.11. The molecule has 3 heterocycles. The van der Waals surface area contributed by atoms with Gasteiger partial charge in [-0.25, -0.2) is 9.97 Å². The zero-order valence-electron chi connectivity index (χ0n) is 15.2. The summed E-state index contributed by atoms with van der Waals surface area (Å²) in [4.78, 5) is 16.6. The molecule has 1 saturated heterocycles. The van der Waals surface area contributed by atoms with Crippen LogP contribution in [0.4, 0.5) is 5.95 Å². The zero-order chi connectivity index (χ0) is 18.2. The number of hydrogen-bond acceptors (Lipinski definition) is 6. The minimum atomic E-state index is 0.224. The van der Waals surface area contributed by atoms with Gasteiger partial charge in [0.05, 0.1) is 19.5 Å². The lowest BCUT2D eigenvalue weighted by Gasteiger charge is -2.27. The van der Waals surface area contributed by atoms with Crippen molar-refractivity contribution in [3.8, 4) is 17.0 Å². The molecule has 0 amide bonds. The summed E-state index contributed by atoms with van der Waals surface area (Å²) in [5.41, 5.74) is 3.31. The summed E-state index contributed by atoms with van der Waals surface area (Å²) in [5.74, 6) is 0.936. The minimum absolute atomic E-state index is 0.224. The second-order valence-electron chi connectivity index (χ2n) is 7.28. The normalized spacial score (nSPS) is 18.4.